The Hall–Kier alpha value is -3.93. The first-order valence-corrected chi connectivity index (χ1v) is 10.7. The summed E-state index contributed by atoms with van der Waals surface area (Å²) >= 11 is 0. The van der Waals surface area contributed by atoms with E-state index in [0.29, 0.717) is 6.07 Å². The summed E-state index contributed by atoms with van der Waals surface area (Å²) < 4.78 is 66.0. The fraction of sp³-hybridized carbons (Fsp3) is 0.0952. The largest absolute Gasteiger partial charge is 0.416 e. The van der Waals surface area contributed by atoms with E-state index in [1.165, 1.54) is 49.4 Å². The quantitative estimate of drug-likeness (QED) is 0.382. The Morgan fingerprint density at radius 1 is 0.970 bits per heavy atom. The molecule has 0 saturated heterocycles. The standard InChI is InChI=1S/C21H16F3N3O5S/c1-13-18(9-4-10-19(13)27(29)30)20(28)25-15-6-3-8-17(12-15)33(31,32)26-16-7-2-5-14(11-16)21(22,23)24/h2-12,26H,1H3,(H,25,28). The number of hydrogen-bond acceptors (Lipinski definition) is 5. The first kappa shape index (κ1) is 23.7. The van der Waals surface area contributed by atoms with Crippen LogP contribution in [-0.2, 0) is 16.2 Å². The Morgan fingerprint density at radius 2 is 1.61 bits per heavy atom. The van der Waals surface area contributed by atoms with E-state index in [2.05, 4.69) is 10.0 Å². The van der Waals surface area contributed by atoms with Crippen LogP contribution < -0.4 is 10.0 Å². The maximum atomic E-state index is 12.9. The molecule has 0 unspecified atom stereocenters. The van der Waals surface area contributed by atoms with E-state index >= 15 is 0 Å². The van der Waals surface area contributed by atoms with Crippen molar-refractivity contribution in [3.8, 4) is 0 Å². The van der Waals surface area contributed by atoms with Crippen LogP contribution in [0, 0.1) is 17.0 Å². The maximum absolute atomic E-state index is 12.9. The summed E-state index contributed by atoms with van der Waals surface area (Å²) in [4.78, 5) is 22.7. The summed E-state index contributed by atoms with van der Waals surface area (Å²) in [7, 11) is -4.28. The molecule has 0 spiro atoms. The van der Waals surface area contributed by atoms with Crippen LogP contribution in [0.3, 0.4) is 0 Å². The topological polar surface area (TPSA) is 118 Å². The van der Waals surface area contributed by atoms with E-state index in [4.69, 9.17) is 0 Å². The van der Waals surface area contributed by atoms with Gasteiger partial charge in [-0.2, -0.15) is 13.2 Å². The van der Waals surface area contributed by atoms with Crippen molar-refractivity contribution in [3.05, 3.63) is 93.5 Å². The number of carbonyl (C=O) groups excluding carboxylic acids is 1. The molecule has 3 rings (SSSR count). The number of nitrogens with zero attached hydrogens (tertiary/aromatic N) is 1. The second-order valence-corrected chi connectivity index (χ2v) is 8.56. The number of anilines is 2. The lowest BCUT2D eigenvalue weighted by Crippen LogP contribution is -2.16. The molecular weight excluding hydrogens is 463 g/mol. The van der Waals surface area contributed by atoms with Crippen molar-refractivity contribution in [2.24, 2.45) is 0 Å². The molecule has 0 aliphatic rings. The molecule has 0 atom stereocenters. The number of hydrogen-bond donors (Lipinski definition) is 2. The third-order valence-corrected chi connectivity index (χ3v) is 5.97. The molecule has 3 aromatic carbocycles. The molecule has 0 fully saturated rings. The molecule has 0 bridgehead atoms. The van der Waals surface area contributed by atoms with Gasteiger partial charge >= 0.3 is 6.18 Å². The number of nitrogens with one attached hydrogen (secondary N) is 2. The highest BCUT2D eigenvalue weighted by molar-refractivity contribution is 7.92. The van der Waals surface area contributed by atoms with Gasteiger partial charge in [-0.15, -0.1) is 0 Å². The van der Waals surface area contributed by atoms with Gasteiger partial charge in [0.2, 0.25) is 0 Å². The number of rotatable bonds is 6. The van der Waals surface area contributed by atoms with Crippen molar-refractivity contribution in [3.63, 3.8) is 0 Å². The van der Waals surface area contributed by atoms with Crippen LogP contribution in [0.1, 0.15) is 21.5 Å². The Kier molecular flexibility index (Phi) is 6.40. The number of halogens is 3. The summed E-state index contributed by atoms with van der Waals surface area (Å²) in [5, 5.41) is 13.5. The zero-order valence-electron chi connectivity index (χ0n) is 16.9. The van der Waals surface area contributed by atoms with Crippen molar-refractivity contribution < 1.29 is 31.3 Å². The minimum absolute atomic E-state index is 0.0274. The minimum Gasteiger partial charge on any atom is -0.322 e. The number of amides is 1. The lowest BCUT2D eigenvalue weighted by molar-refractivity contribution is -0.385. The first-order chi connectivity index (χ1) is 15.4. The molecule has 0 saturated carbocycles. The molecule has 12 heteroatoms. The van der Waals surface area contributed by atoms with Gasteiger partial charge in [-0.1, -0.05) is 18.2 Å². The van der Waals surface area contributed by atoms with Crippen LogP contribution >= 0.6 is 0 Å². The minimum atomic E-state index is -4.64. The Labute approximate surface area is 186 Å². The normalized spacial score (nSPS) is 11.6. The molecule has 172 valence electrons. The zero-order chi connectivity index (χ0) is 24.4. The van der Waals surface area contributed by atoms with E-state index in [9.17, 15) is 36.5 Å². The highest BCUT2D eigenvalue weighted by Gasteiger charge is 2.30. The van der Waals surface area contributed by atoms with Crippen LogP contribution in [0.15, 0.2) is 71.6 Å². The van der Waals surface area contributed by atoms with Crippen molar-refractivity contribution in [1.82, 2.24) is 0 Å². The molecule has 8 nitrogen and oxygen atoms in total. The van der Waals surface area contributed by atoms with Gasteiger partial charge in [0.1, 0.15) is 0 Å². The second kappa shape index (κ2) is 8.90. The van der Waals surface area contributed by atoms with Gasteiger partial charge in [0, 0.05) is 28.6 Å². The van der Waals surface area contributed by atoms with Crippen molar-refractivity contribution in [2.45, 2.75) is 18.0 Å². The van der Waals surface area contributed by atoms with E-state index in [0.717, 1.165) is 18.2 Å². The Balaban J connectivity index is 1.84. The van der Waals surface area contributed by atoms with Crippen LogP contribution in [0.5, 0.6) is 0 Å². The molecule has 1 amide bonds. The van der Waals surface area contributed by atoms with Gasteiger partial charge in [-0.3, -0.25) is 19.6 Å². The van der Waals surface area contributed by atoms with E-state index in [1.807, 2.05) is 0 Å². The predicted octanol–water partition coefficient (Wildman–Crippen LogP) is 4.98. The van der Waals surface area contributed by atoms with E-state index in [1.54, 1.807) is 0 Å². The summed E-state index contributed by atoms with van der Waals surface area (Å²) in [6, 6.07) is 12.7. The lowest BCUT2D eigenvalue weighted by atomic mass is 10.1. The number of benzene rings is 3. The molecule has 2 N–H and O–H groups in total. The number of nitro benzene ring substituents is 1. The number of alkyl halides is 3. The molecule has 0 aliphatic carbocycles. The number of nitro groups is 1. The van der Waals surface area contributed by atoms with Gasteiger partial charge in [-0.25, -0.2) is 8.42 Å². The summed E-state index contributed by atoms with van der Waals surface area (Å²) in [6.07, 6.45) is -4.64. The predicted molar refractivity (Wildman–Crippen MR) is 114 cm³/mol. The number of sulfonamides is 1. The average molecular weight is 479 g/mol. The van der Waals surface area contributed by atoms with Gasteiger partial charge < -0.3 is 5.32 Å². The molecule has 0 aromatic heterocycles. The van der Waals surface area contributed by atoms with Gasteiger partial charge in [0.25, 0.3) is 21.6 Å². The summed E-state index contributed by atoms with van der Waals surface area (Å²) in [6.45, 7) is 1.41. The van der Waals surface area contributed by atoms with E-state index < -0.39 is 32.6 Å². The van der Waals surface area contributed by atoms with Crippen LogP contribution in [-0.4, -0.2) is 19.2 Å². The molecule has 0 aliphatic heterocycles. The van der Waals surface area contributed by atoms with Gasteiger partial charge in [0.05, 0.1) is 15.4 Å². The third kappa shape index (κ3) is 5.47. The van der Waals surface area contributed by atoms with Gasteiger partial charge in [-0.05, 0) is 49.4 Å². The summed E-state index contributed by atoms with van der Waals surface area (Å²) in [5.74, 6) is -0.698. The summed E-state index contributed by atoms with van der Waals surface area (Å²) in [5.41, 5.74) is -1.32. The molecule has 0 radical (unpaired) electrons. The fourth-order valence-corrected chi connectivity index (χ4v) is 4.07. The highest BCUT2D eigenvalue weighted by atomic mass is 32.2. The van der Waals surface area contributed by atoms with Crippen molar-refractivity contribution in [1.29, 1.82) is 0 Å². The van der Waals surface area contributed by atoms with Crippen LogP contribution in [0.4, 0.5) is 30.2 Å². The first-order valence-electron chi connectivity index (χ1n) is 9.24. The average Bonchev–Trinajstić information content (AvgIpc) is 2.73. The smallest absolute Gasteiger partial charge is 0.322 e. The zero-order valence-corrected chi connectivity index (χ0v) is 17.7. The molecular formula is C21H16F3N3O5S. The van der Waals surface area contributed by atoms with Crippen LogP contribution in [0.25, 0.3) is 0 Å². The molecule has 0 heterocycles. The van der Waals surface area contributed by atoms with Crippen LogP contribution in [0.2, 0.25) is 0 Å². The Morgan fingerprint density at radius 3 is 2.27 bits per heavy atom. The maximum Gasteiger partial charge on any atom is 0.416 e. The second-order valence-electron chi connectivity index (χ2n) is 6.87. The number of carbonyl (C=O) groups is 1. The SMILES string of the molecule is Cc1c(C(=O)Nc2cccc(S(=O)(=O)Nc3cccc(C(F)(F)F)c3)c2)cccc1[N+](=O)[O-]. The third-order valence-electron chi connectivity index (χ3n) is 4.59. The monoisotopic (exact) mass is 479 g/mol. The van der Waals surface area contributed by atoms with Gasteiger partial charge in [0.15, 0.2) is 0 Å². The Bertz CT molecular complexity index is 1340. The lowest BCUT2D eigenvalue weighted by Gasteiger charge is -2.12. The molecule has 33 heavy (non-hydrogen) atoms. The van der Waals surface area contributed by atoms with Crippen molar-refractivity contribution in [2.75, 3.05) is 10.0 Å². The highest BCUT2D eigenvalue weighted by Crippen LogP contribution is 2.31. The van der Waals surface area contributed by atoms with Crippen molar-refractivity contribution >= 4 is 33.0 Å². The molecule has 3 aromatic rings. The van der Waals surface area contributed by atoms with E-state index in [-0.39, 0.29) is 33.1 Å². The fourth-order valence-electron chi connectivity index (χ4n) is 2.98.